The summed E-state index contributed by atoms with van der Waals surface area (Å²) < 4.78 is 86.3. The van der Waals surface area contributed by atoms with Gasteiger partial charge in [-0.1, -0.05) is 11.2 Å². The van der Waals surface area contributed by atoms with Gasteiger partial charge >= 0.3 is 0 Å². The lowest BCUT2D eigenvalue weighted by Gasteiger charge is -2.14. The number of aryl methyl sites for hydroxylation is 2. The molecule has 0 bridgehead atoms. The van der Waals surface area contributed by atoms with Crippen LogP contribution in [0.25, 0.3) is 0 Å². The summed E-state index contributed by atoms with van der Waals surface area (Å²) in [4.78, 5) is 24.4. The van der Waals surface area contributed by atoms with Crippen LogP contribution in [0.3, 0.4) is 0 Å². The fourth-order valence-corrected chi connectivity index (χ4v) is 5.02. The molecular weight excluding hydrogens is 426 g/mol. The molecule has 3 rings (SSSR count). The maximum Gasteiger partial charge on any atom is 0.267 e. The van der Waals surface area contributed by atoms with Gasteiger partial charge in [0.2, 0.25) is 5.88 Å². The number of aromatic nitrogens is 1. The van der Waals surface area contributed by atoms with Gasteiger partial charge in [-0.05, 0) is 63.1 Å². The number of hydrogen-bond acceptors (Lipinski definition) is 7. The van der Waals surface area contributed by atoms with Gasteiger partial charge in [0.1, 0.15) is 9.77 Å². The van der Waals surface area contributed by atoms with Crippen molar-refractivity contribution in [3.8, 4) is 0 Å². The highest BCUT2D eigenvalue weighted by Crippen LogP contribution is 2.29. The minimum absolute atomic E-state index is 0.0556. The molecule has 0 saturated carbocycles. The van der Waals surface area contributed by atoms with E-state index >= 15 is 0 Å². The van der Waals surface area contributed by atoms with Crippen LogP contribution >= 0.6 is 11.3 Å². The molecule has 0 fully saturated rings. The van der Waals surface area contributed by atoms with Crippen LogP contribution in [0.4, 0.5) is 11.6 Å². The van der Waals surface area contributed by atoms with E-state index in [4.69, 9.17) is 14.1 Å². The van der Waals surface area contributed by atoms with E-state index in [0.29, 0.717) is 11.1 Å². The molecule has 0 aliphatic heterocycles. The third kappa shape index (κ3) is 4.14. The van der Waals surface area contributed by atoms with E-state index in [1.54, 1.807) is 6.92 Å². The quantitative estimate of drug-likeness (QED) is 0.538. The van der Waals surface area contributed by atoms with Crippen molar-refractivity contribution in [2.75, 3.05) is 10.0 Å². The van der Waals surface area contributed by atoms with E-state index in [1.165, 1.54) is 25.3 Å². The fourth-order valence-electron chi connectivity index (χ4n) is 2.71. The maximum atomic E-state index is 13.1. The van der Waals surface area contributed by atoms with Crippen molar-refractivity contribution < 1.29 is 32.1 Å². The number of amides is 1. The van der Waals surface area contributed by atoms with Crippen LogP contribution in [0.1, 0.15) is 58.9 Å². The summed E-state index contributed by atoms with van der Waals surface area (Å²) in [6, 6.07) is 2.62. The lowest BCUT2D eigenvalue weighted by atomic mass is 10.0. The van der Waals surface area contributed by atoms with E-state index in [2.05, 4.69) is 10.5 Å². The minimum atomic E-state index is -4.68. The number of thiophene rings is 1. The summed E-state index contributed by atoms with van der Waals surface area (Å²) in [5, 5.41) is 7.04. The van der Waals surface area contributed by atoms with Crippen molar-refractivity contribution in [1.82, 2.24) is 5.16 Å². The number of rotatable bonds is 6. The average Bonchev–Trinajstić information content (AvgIpc) is 3.40. The van der Waals surface area contributed by atoms with Crippen LogP contribution < -0.4 is 10.0 Å². The number of carbonyl (C=O) groups is 2. The first kappa shape index (κ1) is 14.1. The predicted molar refractivity (Wildman–Crippen MR) is 115 cm³/mol. The number of Topliss-reactive ketones (excluding diaryl/α,β-unsaturated/α-hetero) is 1. The van der Waals surface area contributed by atoms with Gasteiger partial charge < -0.3 is 9.84 Å². The highest BCUT2D eigenvalue weighted by molar-refractivity contribution is 7.93. The zero-order valence-electron chi connectivity index (χ0n) is 23.0. The fraction of sp³-hybridized carbons (Fsp3) is 0.250. The Hall–Kier alpha value is -2.98. The monoisotopic (exact) mass is 454 g/mol. The lowest BCUT2D eigenvalue weighted by Crippen LogP contribution is -2.20. The molecule has 0 radical (unpaired) electrons. The molecule has 0 saturated heterocycles. The number of nitrogens with one attached hydrogen (secondary N) is 2. The molecule has 0 unspecified atom stereocenters. The number of nitrogens with zero attached hydrogens (tertiary/aromatic N) is 1. The van der Waals surface area contributed by atoms with Gasteiger partial charge in [0.15, 0.2) is 5.78 Å². The third-order valence-electron chi connectivity index (χ3n) is 4.05. The molecule has 2 aromatic heterocycles. The predicted octanol–water partition coefficient (Wildman–Crippen LogP) is 4.23. The molecule has 3 aromatic rings. The summed E-state index contributed by atoms with van der Waals surface area (Å²) in [5.41, 5.74) is -0.843. The second-order valence-corrected chi connectivity index (χ2v) is 8.90. The van der Waals surface area contributed by atoms with E-state index in [9.17, 15) is 18.0 Å². The smallest absolute Gasteiger partial charge is 0.267 e. The topological polar surface area (TPSA) is 118 Å². The molecule has 0 aliphatic carbocycles. The summed E-state index contributed by atoms with van der Waals surface area (Å²) in [7, 11) is -4.68. The van der Waals surface area contributed by atoms with Crippen LogP contribution in [-0.2, 0) is 10.0 Å². The van der Waals surface area contributed by atoms with Gasteiger partial charge in [-0.25, -0.2) is 13.1 Å². The number of benzene rings is 1. The van der Waals surface area contributed by atoms with Crippen molar-refractivity contribution in [3.63, 3.8) is 0 Å². The molecule has 10 heteroatoms. The van der Waals surface area contributed by atoms with Gasteiger partial charge in [-0.15, -0.1) is 11.3 Å². The lowest BCUT2D eigenvalue weighted by molar-refractivity contribution is 0.101. The van der Waals surface area contributed by atoms with Crippen molar-refractivity contribution in [2.45, 2.75) is 39.4 Å². The molecule has 30 heavy (non-hydrogen) atoms. The first-order valence-corrected chi connectivity index (χ1v) is 10.8. The zero-order chi connectivity index (χ0) is 28.1. The first-order chi connectivity index (χ1) is 16.9. The van der Waals surface area contributed by atoms with Gasteiger partial charge in [-0.2, -0.15) is 0 Å². The van der Waals surface area contributed by atoms with Crippen molar-refractivity contribution in [1.29, 1.82) is 0 Å². The van der Waals surface area contributed by atoms with E-state index in [1.807, 2.05) is 4.72 Å². The number of ketones is 1. The van der Waals surface area contributed by atoms with Crippen LogP contribution in [0.15, 0.2) is 33.0 Å². The Labute approximate surface area is 188 Å². The van der Waals surface area contributed by atoms with E-state index < -0.39 is 51.7 Å². The SMILES string of the molecule is [2H]c1c(C)cc(C(C)=O)c(NC(=O)c2sccc2S(=O)(=O)Nc2onc(C([2H])([2H])[2H])c2C([2H])([2H])[2H])c1C. The number of anilines is 2. The van der Waals surface area contributed by atoms with Gasteiger partial charge in [0, 0.05) is 19.4 Å². The molecule has 0 aliphatic rings. The normalized spacial score (nSPS) is 15.6. The highest BCUT2D eigenvalue weighted by Gasteiger charge is 2.27. The highest BCUT2D eigenvalue weighted by atomic mass is 32.2. The van der Waals surface area contributed by atoms with Crippen LogP contribution in [-0.4, -0.2) is 25.3 Å². The molecule has 2 N–H and O–H groups in total. The molecule has 8 nitrogen and oxygen atoms in total. The second-order valence-electron chi connectivity index (χ2n) is 6.33. The van der Waals surface area contributed by atoms with Gasteiger partial charge in [0.25, 0.3) is 15.9 Å². The molecule has 1 aromatic carbocycles. The molecule has 0 spiro atoms. The number of carbonyl (C=O) groups excluding carboxylic acids is 2. The van der Waals surface area contributed by atoms with Crippen molar-refractivity contribution in [3.05, 3.63) is 56.4 Å². The third-order valence-corrected chi connectivity index (χ3v) is 6.47. The largest absolute Gasteiger partial charge is 0.337 e. The number of hydrogen-bond donors (Lipinski definition) is 2. The Kier molecular flexibility index (Phi) is 3.78. The first-order valence-electron chi connectivity index (χ1n) is 11.9. The minimum Gasteiger partial charge on any atom is -0.337 e. The summed E-state index contributed by atoms with van der Waals surface area (Å²) >= 11 is 0.751. The van der Waals surface area contributed by atoms with Crippen LogP contribution in [0.5, 0.6) is 0 Å². The molecule has 2 heterocycles. The maximum absolute atomic E-state index is 13.1. The Bertz CT molecular complexity index is 1510. The van der Waals surface area contributed by atoms with E-state index in [0.717, 1.165) is 17.4 Å². The Morgan fingerprint density at radius 3 is 2.73 bits per heavy atom. The second kappa shape index (κ2) is 8.04. The molecule has 1 amide bonds. The Morgan fingerprint density at radius 1 is 1.30 bits per heavy atom. The molecule has 0 atom stereocenters. The van der Waals surface area contributed by atoms with Crippen molar-refractivity contribution >= 4 is 44.6 Å². The van der Waals surface area contributed by atoms with Crippen LogP contribution in [0.2, 0.25) is 0 Å². The Morgan fingerprint density at radius 2 is 2.07 bits per heavy atom. The standard InChI is InChI=1S/C20H21N3O5S2/c1-10-8-11(2)17(15(9-10)14(5)24)21-19(25)18-16(6-7-29-18)30(26,27)23-20-12(3)13(4)22-28-20/h6-9,23H,1-5H3,(H,21,25)/i3D3,4D3,8D. The van der Waals surface area contributed by atoms with Crippen molar-refractivity contribution in [2.24, 2.45) is 0 Å². The zero-order valence-corrected chi connectivity index (χ0v) is 17.7. The van der Waals surface area contributed by atoms with Gasteiger partial charge in [-0.3, -0.25) is 9.59 Å². The average molecular weight is 455 g/mol. The number of sulfonamides is 1. The Balaban J connectivity index is 2.03. The summed E-state index contributed by atoms with van der Waals surface area (Å²) in [5.74, 6) is -2.20. The van der Waals surface area contributed by atoms with E-state index in [-0.39, 0.29) is 28.0 Å². The molecule has 158 valence electrons. The summed E-state index contributed by atoms with van der Waals surface area (Å²) in [6.45, 7) is -1.63. The molecular formula is C20H21N3O5S2. The van der Waals surface area contributed by atoms with Gasteiger partial charge in [0.05, 0.1) is 12.8 Å². The summed E-state index contributed by atoms with van der Waals surface area (Å²) in [6.07, 6.45) is 0. The van der Waals surface area contributed by atoms with Crippen LogP contribution in [0, 0.1) is 27.6 Å².